The van der Waals surface area contributed by atoms with Gasteiger partial charge in [-0.05, 0) is 30.0 Å². The van der Waals surface area contributed by atoms with E-state index in [4.69, 9.17) is 24.7 Å². The zero-order valence-corrected chi connectivity index (χ0v) is 15.2. The number of carbonyl (C=O) groups excluding carboxylic acids is 1. The molecule has 27 heavy (non-hydrogen) atoms. The lowest BCUT2D eigenvalue weighted by Crippen LogP contribution is -2.16. The second kappa shape index (κ2) is 6.74. The van der Waals surface area contributed by atoms with E-state index in [0.29, 0.717) is 36.1 Å². The van der Waals surface area contributed by atoms with Crippen molar-refractivity contribution in [3.8, 4) is 23.0 Å². The molecule has 5 rings (SSSR count). The summed E-state index contributed by atoms with van der Waals surface area (Å²) in [6, 6.07) is 9.26. The van der Waals surface area contributed by atoms with Gasteiger partial charge in [0.25, 0.3) is 0 Å². The number of anilines is 2. The molecule has 142 valence electrons. The van der Waals surface area contributed by atoms with Gasteiger partial charge in [0.05, 0.1) is 11.4 Å². The SMILES string of the molecule is Cl.Nc1cc2c(cc1NC(=O)C1CC1c1ccc3c(c1)OCCO3)OCO2. The number of halogens is 1. The molecular formula is C19H19ClN2O5. The fraction of sp³-hybridized carbons (Fsp3) is 0.316. The highest BCUT2D eigenvalue weighted by atomic mass is 35.5. The molecule has 1 fully saturated rings. The topological polar surface area (TPSA) is 92.0 Å². The van der Waals surface area contributed by atoms with E-state index < -0.39 is 0 Å². The minimum atomic E-state index is -0.0811. The number of benzene rings is 2. The van der Waals surface area contributed by atoms with Crippen LogP contribution in [0.3, 0.4) is 0 Å². The molecule has 2 aliphatic heterocycles. The first kappa shape index (κ1) is 17.6. The average molecular weight is 391 g/mol. The number of nitrogens with one attached hydrogen (secondary N) is 1. The third-order valence-corrected chi connectivity index (χ3v) is 4.92. The number of carbonyl (C=O) groups is 1. The molecule has 1 amide bonds. The van der Waals surface area contributed by atoms with Crippen LogP contribution >= 0.6 is 12.4 Å². The van der Waals surface area contributed by atoms with Crippen molar-refractivity contribution in [2.75, 3.05) is 31.1 Å². The fourth-order valence-corrected chi connectivity index (χ4v) is 3.44. The molecule has 3 aliphatic rings. The number of nitrogens with two attached hydrogens (primary N) is 1. The fourth-order valence-electron chi connectivity index (χ4n) is 3.44. The summed E-state index contributed by atoms with van der Waals surface area (Å²) in [6.07, 6.45) is 0.802. The summed E-state index contributed by atoms with van der Waals surface area (Å²) in [7, 11) is 0. The first-order valence-corrected chi connectivity index (χ1v) is 8.58. The van der Waals surface area contributed by atoms with Gasteiger partial charge in [0.1, 0.15) is 13.2 Å². The summed E-state index contributed by atoms with van der Waals surface area (Å²) in [5.74, 6) is 2.75. The number of hydrogen-bond donors (Lipinski definition) is 2. The molecule has 2 heterocycles. The highest BCUT2D eigenvalue weighted by Crippen LogP contribution is 2.50. The molecule has 1 aliphatic carbocycles. The zero-order chi connectivity index (χ0) is 17.7. The van der Waals surface area contributed by atoms with Crippen LogP contribution in [-0.2, 0) is 4.79 Å². The highest BCUT2D eigenvalue weighted by Gasteiger charge is 2.44. The Morgan fingerprint density at radius 3 is 2.48 bits per heavy atom. The molecule has 2 aromatic carbocycles. The van der Waals surface area contributed by atoms with Crippen LogP contribution in [0, 0.1) is 5.92 Å². The van der Waals surface area contributed by atoms with Crippen LogP contribution < -0.4 is 30.0 Å². The van der Waals surface area contributed by atoms with Crippen molar-refractivity contribution in [3.05, 3.63) is 35.9 Å². The number of rotatable bonds is 3. The van der Waals surface area contributed by atoms with E-state index in [2.05, 4.69) is 5.32 Å². The minimum absolute atomic E-state index is 0. The molecule has 7 nitrogen and oxygen atoms in total. The van der Waals surface area contributed by atoms with Gasteiger partial charge >= 0.3 is 0 Å². The van der Waals surface area contributed by atoms with Gasteiger partial charge in [0.2, 0.25) is 12.7 Å². The Morgan fingerprint density at radius 1 is 0.963 bits per heavy atom. The Bertz CT molecular complexity index is 904. The summed E-state index contributed by atoms with van der Waals surface area (Å²) < 4.78 is 21.8. The van der Waals surface area contributed by atoms with Gasteiger partial charge in [-0.2, -0.15) is 0 Å². The largest absolute Gasteiger partial charge is 0.486 e. The summed E-state index contributed by atoms with van der Waals surface area (Å²) in [5, 5.41) is 2.91. The first-order chi connectivity index (χ1) is 12.7. The maximum absolute atomic E-state index is 12.6. The molecule has 0 spiro atoms. The second-order valence-corrected chi connectivity index (χ2v) is 6.63. The maximum atomic E-state index is 12.6. The lowest BCUT2D eigenvalue weighted by molar-refractivity contribution is -0.117. The molecule has 3 N–H and O–H groups in total. The molecule has 0 aromatic heterocycles. The molecule has 2 aromatic rings. The van der Waals surface area contributed by atoms with E-state index in [-0.39, 0.29) is 36.9 Å². The molecule has 2 atom stereocenters. The molecule has 0 bridgehead atoms. The van der Waals surface area contributed by atoms with Crippen molar-refractivity contribution in [2.24, 2.45) is 5.92 Å². The average Bonchev–Trinajstić information content (AvgIpc) is 3.34. The molecule has 0 saturated heterocycles. The van der Waals surface area contributed by atoms with Crippen LogP contribution in [-0.4, -0.2) is 25.9 Å². The van der Waals surface area contributed by atoms with Crippen LogP contribution in [0.4, 0.5) is 11.4 Å². The quantitative estimate of drug-likeness (QED) is 0.783. The molecule has 0 radical (unpaired) electrons. The van der Waals surface area contributed by atoms with Gasteiger partial charge in [0.15, 0.2) is 23.0 Å². The Labute approximate surface area is 162 Å². The van der Waals surface area contributed by atoms with Crippen molar-refractivity contribution in [3.63, 3.8) is 0 Å². The van der Waals surface area contributed by atoms with Crippen LogP contribution in [0.2, 0.25) is 0 Å². The minimum Gasteiger partial charge on any atom is -0.486 e. The van der Waals surface area contributed by atoms with Gasteiger partial charge in [-0.3, -0.25) is 4.79 Å². The van der Waals surface area contributed by atoms with Gasteiger partial charge in [-0.1, -0.05) is 6.07 Å². The van der Waals surface area contributed by atoms with Crippen LogP contribution in [0.25, 0.3) is 0 Å². The zero-order valence-electron chi connectivity index (χ0n) is 14.4. The number of hydrogen-bond acceptors (Lipinski definition) is 6. The lowest BCUT2D eigenvalue weighted by Gasteiger charge is -2.18. The van der Waals surface area contributed by atoms with Crippen molar-refractivity contribution in [1.82, 2.24) is 0 Å². The summed E-state index contributed by atoms with van der Waals surface area (Å²) in [5.41, 5.74) is 8.10. The summed E-state index contributed by atoms with van der Waals surface area (Å²) in [6.45, 7) is 1.28. The first-order valence-electron chi connectivity index (χ1n) is 8.58. The summed E-state index contributed by atoms with van der Waals surface area (Å²) in [4.78, 5) is 12.6. The number of fused-ring (bicyclic) bond motifs is 2. The van der Waals surface area contributed by atoms with Crippen molar-refractivity contribution < 1.29 is 23.7 Å². The van der Waals surface area contributed by atoms with Crippen molar-refractivity contribution in [1.29, 1.82) is 0 Å². The van der Waals surface area contributed by atoms with Crippen LogP contribution in [0.5, 0.6) is 23.0 Å². The Hall–Kier alpha value is -2.80. The Morgan fingerprint density at radius 2 is 1.67 bits per heavy atom. The Balaban J connectivity index is 0.00000180. The van der Waals surface area contributed by atoms with Gasteiger partial charge in [0, 0.05) is 18.1 Å². The van der Waals surface area contributed by atoms with Crippen LogP contribution in [0.15, 0.2) is 30.3 Å². The van der Waals surface area contributed by atoms with Crippen molar-refractivity contribution in [2.45, 2.75) is 12.3 Å². The van der Waals surface area contributed by atoms with Gasteiger partial charge < -0.3 is 30.0 Å². The van der Waals surface area contributed by atoms with E-state index in [1.54, 1.807) is 12.1 Å². The maximum Gasteiger partial charge on any atom is 0.231 e. The molecule has 8 heteroatoms. The summed E-state index contributed by atoms with van der Waals surface area (Å²) >= 11 is 0. The van der Waals surface area contributed by atoms with Gasteiger partial charge in [-0.15, -0.1) is 12.4 Å². The number of nitrogen functional groups attached to an aromatic ring is 1. The van der Waals surface area contributed by atoms with E-state index >= 15 is 0 Å². The lowest BCUT2D eigenvalue weighted by atomic mass is 10.1. The molecule has 2 unspecified atom stereocenters. The monoisotopic (exact) mass is 390 g/mol. The van der Waals surface area contributed by atoms with Gasteiger partial charge in [-0.25, -0.2) is 0 Å². The highest BCUT2D eigenvalue weighted by molar-refractivity contribution is 5.98. The number of amides is 1. The van der Waals surface area contributed by atoms with E-state index in [0.717, 1.165) is 23.5 Å². The predicted molar refractivity (Wildman–Crippen MR) is 101 cm³/mol. The Kier molecular flexibility index (Phi) is 4.39. The normalized spacial score (nSPS) is 21.2. The molecular weight excluding hydrogens is 372 g/mol. The van der Waals surface area contributed by atoms with E-state index in [1.807, 2.05) is 18.2 Å². The second-order valence-electron chi connectivity index (χ2n) is 6.63. The van der Waals surface area contributed by atoms with E-state index in [1.165, 1.54) is 0 Å². The molecule has 1 saturated carbocycles. The van der Waals surface area contributed by atoms with Crippen LogP contribution in [0.1, 0.15) is 17.9 Å². The third-order valence-electron chi connectivity index (χ3n) is 4.92. The van der Waals surface area contributed by atoms with E-state index in [9.17, 15) is 4.79 Å². The smallest absolute Gasteiger partial charge is 0.231 e. The van der Waals surface area contributed by atoms with Crippen molar-refractivity contribution >= 4 is 29.7 Å². The predicted octanol–water partition coefficient (Wildman–Crippen LogP) is 2.93. The standard InChI is InChI=1S/C19H18N2O5.ClH/c20-13-7-17-18(26-9-25-17)8-14(13)21-19(22)12-6-11(12)10-1-2-15-16(5-10)24-4-3-23-15;/h1-2,5,7-8,11-12H,3-4,6,9,20H2,(H,21,22);1H. The third kappa shape index (κ3) is 3.19. The number of ether oxygens (including phenoxy) is 4.